The van der Waals surface area contributed by atoms with Crippen LogP contribution >= 0.6 is 0 Å². The van der Waals surface area contributed by atoms with Gasteiger partial charge in [0.2, 0.25) is 0 Å². The van der Waals surface area contributed by atoms with Gasteiger partial charge >= 0.3 is 15.6 Å². The Labute approximate surface area is 85.3 Å². The Balaban J connectivity index is -0.000000170. The van der Waals surface area contributed by atoms with E-state index in [9.17, 15) is 13.2 Å². The van der Waals surface area contributed by atoms with E-state index in [4.69, 9.17) is 13.0 Å². The number of alkyl halides is 3. The van der Waals surface area contributed by atoms with Gasteiger partial charge in [0.25, 0.3) is 0 Å². The van der Waals surface area contributed by atoms with Gasteiger partial charge in [-0.15, -0.1) is 0 Å². The van der Waals surface area contributed by atoms with Crippen molar-refractivity contribution in [2.24, 2.45) is 0 Å². The highest BCUT2D eigenvalue weighted by Crippen LogP contribution is 2.20. The van der Waals surface area contributed by atoms with Crippen LogP contribution in [0.4, 0.5) is 13.2 Å². The zero-order valence-electron chi connectivity index (χ0n) is 8.75. The normalized spacial score (nSPS) is 11.2. The Morgan fingerprint density at radius 1 is 1.14 bits per heavy atom. The standard InChI is InChI=1S/C3H9N.CHF3O3S.CH6Si/c1-4(2)3;2-1(3,4)8(5,6)7;1-2/h1-3H3;(H,5,6,7);1-2H3. The van der Waals surface area contributed by atoms with E-state index >= 15 is 0 Å². The summed E-state index contributed by atoms with van der Waals surface area (Å²) in [5.74, 6) is 0. The van der Waals surface area contributed by atoms with Gasteiger partial charge in [-0.05, 0) is 31.4 Å². The van der Waals surface area contributed by atoms with Gasteiger partial charge in [-0.3, -0.25) is 4.55 Å². The molecule has 1 N–H and O–H groups in total. The molecule has 4 nitrogen and oxygen atoms in total. The second kappa shape index (κ2) is 8.21. The van der Waals surface area contributed by atoms with Crippen molar-refractivity contribution in [1.82, 2.24) is 4.90 Å². The lowest BCUT2D eigenvalue weighted by molar-refractivity contribution is -0.0510. The molecule has 0 aliphatic carbocycles. The summed E-state index contributed by atoms with van der Waals surface area (Å²) in [5.41, 5.74) is -5.53. The lowest BCUT2D eigenvalue weighted by Crippen LogP contribution is -2.21. The van der Waals surface area contributed by atoms with Crippen LogP contribution < -0.4 is 0 Å². The quantitative estimate of drug-likeness (QED) is 0.375. The SMILES string of the molecule is CN(C)C.C[SiH3].O=S(=O)(O)C(F)(F)F. The molecule has 0 heterocycles. The molecule has 0 aliphatic rings. The molecule has 0 aromatic carbocycles. The molecule has 0 aromatic rings. The molecule has 14 heavy (non-hydrogen) atoms. The fourth-order valence-corrected chi connectivity index (χ4v) is 0. The Morgan fingerprint density at radius 3 is 1.21 bits per heavy atom. The molecular weight excluding hydrogens is 239 g/mol. The third kappa shape index (κ3) is 17.8. The van der Waals surface area contributed by atoms with E-state index in [1.54, 1.807) is 0 Å². The molecule has 0 fully saturated rings. The summed E-state index contributed by atoms with van der Waals surface area (Å²) in [5, 5.41) is 0. The molecule has 90 valence electrons. The van der Waals surface area contributed by atoms with Gasteiger partial charge in [0.05, 0.1) is 0 Å². The average molecular weight is 255 g/mol. The van der Waals surface area contributed by atoms with E-state index in [2.05, 4.69) is 6.55 Å². The number of halogens is 3. The topological polar surface area (TPSA) is 57.6 Å². The molecule has 0 bridgehead atoms. The predicted molar refractivity (Wildman–Crippen MR) is 53.0 cm³/mol. The van der Waals surface area contributed by atoms with E-state index in [-0.39, 0.29) is 0 Å². The molecule has 0 amide bonds. The minimum atomic E-state index is -5.84. The largest absolute Gasteiger partial charge is 0.522 e. The van der Waals surface area contributed by atoms with Crippen LogP contribution in [0.3, 0.4) is 0 Å². The van der Waals surface area contributed by atoms with Crippen molar-refractivity contribution in [1.29, 1.82) is 0 Å². The van der Waals surface area contributed by atoms with Crippen LogP contribution in [-0.2, 0) is 10.1 Å². The lowest BCUT2D eigenvalue weighted by Gasteiger charge is -1.97. The summed E-state index contributed by atoms with van der Waals surface area (Å²) in [7, 11) is 1.47. The van der Waals surface area contributed by atoms with Gasteiger partial charge in [-0.2, -0.15) is 21.6 Å². The Morgan fingerprint density at radius 2 is 1.21 bits per heavy atom. The monoisotopic (exact) mass is 255 g/mol. The van der Waals surface area contributed by atoms with Crippen molar-refractivity contribution in [2.45, 2.75) is 12.1 Å². The second-order valence-corrected chi connectivity index (χ2v) is 3.68. The van der Waals surface area contributed by atoms with Crippen molar-refractivity contribution >= 4 is 20.4 Å². The van der Waals surface area contributed by atoms with Gasteiger partial charge in [-0.1, -0.05) is 6.55 Å². The van der Waals surface area contributed by atoms with E-state index in [1.807, 2.05) is 26.0 Å². The summed E-state index contributed by atoms with van der Waals surface area (Å²) >= 11 is 0. The van der Waals surface area contributed by atoms with Gasteiger partial charge < -0.3 is 4.90 Å². The van der Waals surface area contributed by atoms with Crippen LogP contribution in [0.15, 0.2) is 0 Å². The maximum absolute atomic E-state index is 10.7. The Hall–Kier alpha value is -0.123. The van der Waals surface area contributed by atoms with Crippen LogP contribution in [0.5, 0.6) is 0 Å². The fourth-order valence-electron chi connectivity index (χ4n) is 0. The highest BCUT2D eigenvalue weighted by atomic mass is 32.2. The first-order valence-electron chi connectivity index (χ1n) is 3.63. The van der Waals surface area contributed by atoms with Gasteiger partial charge in [-0.25, -0.2) is 0 Å². The molecule has 9 heteroatoms. The Bertz CT molecular complexity index is 212. The van der Waals surface area contributed by atoms with Crippen LogP contribution in [0, 0.1) is 0 Å². The third-order valence-electron chi connectivity index (χ3n) is 0.292. The van der Waals surface area contributed by atoms with Gasteiger partial charge in [0.1, 0.15) is 0 Å². The molecule has 0 saturated carbocycles. The Kier molecular flexibility index (Phi) is 11.4. The number of hydrogen-bond acceptors (Lipinski definition) is 3. The molecule has 0 saturated heterocycles. The van der Waals surface area contributed by atoms with E-state index < -0.39 is 15.6 Å². The molecule has 0 aromatic heterocycles. The van der Waals surface area contributed by atoms with Crippen LogP contribution in [0.25, 0.3) is 0 Å². The van der Waals surface area contributed by atoms with E-state index in [1.165, 1.54) is 10.2 Å². The maximum atomic E-state index is 10.7. The zero-order chi connectivity index (χ0) is 12.6. The summed E-state index contributed by atoms with van der Waals surface area (Å²) in [6.07, 6.45) is 0. The van der Waals surface area contributed by atoms with Crippen molar-refractivity contribution in [2.75, 3.05) is 21.1 Å². The summed E-state index contributed by atoms with van der Waals surface area (Å²) in [6, 6.07) is 0. The number of rotatable bonds is 0. The first kappa shape index (κ1) is 19.4. The fraction of sp³-hybridized carbons (Fsp3) is 1.00. The number of nitrogens with zero attached hydrogens (tertiary/aromatic N) is 1. The van der Waals surface area contributed by atoms with E-state index in [0.29, 0.717) is 0 Å². The molecule has 0 spiro atoms. The summed E-state index contributed by atoms with van der Waals surface area (Å²) in [6.45, 7) is 2.14. The third-order valence-corrected chi connectivity index (χ3v) is 0.877. The van der Waals surface area contributed by atoms with Crippen LogP contribution in [0.2, 0.25) is 6.55 Å². The zero-order valence-corrected chi connectivity index (χ0v) is 11.6. The van der Waals surface area contributed by atoms with Crippen molar-refractivity contribution in [3.63, 3.8) is 0 Å². The predicted octanol–water partition coefficient (Wildman–Crippen LogP) is -0.0283. The van der Waals surface area contributed by atoms with Crippen LogP contribution in [-0.4, -0.2) is 54.8 Å². The van der Waals surface area contributed by atoms with E-state index in [0.717, 1.165) is 0 Å². The first-order valence-corrected chi connectivity index (χ1v) is 7.07. The second-order valence-electron chi connectivity index (χ2n) is 2.26. The minimum Gasteiger partial charge on any atom is -0.312 e. The molecular formula is C5H16F3NO3SSi. The highest BCUT2D eigenvalue weighted by molar-refractivity contribution is 7.86. The average Bonchev–Trinajstić information content (AvgIpc) is 1.85. The molecule has 0 rings (SSSR count). The maximum Gasteiger partial charge on any atom is 0.522 e. The lowest BCUT2D eigenvalue weighted by atomic mass is 11.0. The molecule has 0 aliphatic heterocycles. The van der Waals surface area contributed by atoms with Crippen LogP contribution in [0.1, 0.15) is 0 Å². The summed E-state index contributed by atoms with van der Waals surface area (Å²) < 4.78 is 57.5. The van der Waals surface area contributed by atoms with Gasteiger partial charge in [0, 0.05) is 0 Å². The number of hydrogen-bond donors (Lipinski definition) is 1. The van der Waals surface area contributed by atoms with Gasteiger partial charge in [0.15, 0.2) is 0 Å². The van der Waals surface area contributed by atoms with Crippen molar-refractivity contribution in [3.05, 3.63) is 0 Å². The highest BCUT2D eigenvalue weighted by Gasteiger charge is 2.44. The molecule has 0 atom stereocenters. The smallest absolute Gasteiger partial charge is 0.312 e. The molecule has 0 unspecified atom stereocenters. The summed E-state index contributed by atoms with van der Waals surface area (Å²) in [4.78, 5) is 2.00. The first-order chi connectivity index (χ1) is 5.98. The van der Waals surface area contributed by atoms with Crippen molar-refractivity contribution in [3.8, 4) is 0 Å². The van der Waals surface area contributed by atoms with Crippen molar-refractivity contribution < 1.29 is 26.1 Å². The molecule has 0 radical (unpaired) electrons. The minimum absolute atomic E-state index is 1.31.